The normalized spacial score (nSPS) is 11.9. The maximum Gasteiger partial charge on any atom is 0.146 e. The Labute approximate surface area is 186 Å². The molecule has 0 spiro atoms. The van der Waals surface area contributed by atoms with E-state index in [2.05, 4.69) is 38.0 Å². The first-order valence-electron chi connectivity index (χ1n) is 10.4. The van der Waals surface area contributed by atoms with Gasteiger partial charge in [-0.2, -0.15) is 0 Å². The summed E-state index contributed by atoms with van der Waals surface area (Å²) in [6, 6.07) is 20.1. The SMILES string of the molecule is CC(C)(C)c1cc(CCCO)cc(-n2nc3cccc(Sc4ccccc4)c3n2)c1O. The Balaban J connectivity index is 1.82. The van der Waals surface area contributed by atoms with Gasteiger partial charge in [-0.05, 0) is 54.2 Å². The first-order valence-corrected chi connectivity index (χ1v) is 11.2. The highest BCUT2D eigenvalue weighted by Gasteiger charge is 2.23. The van der Waals surface area contributed by atoms with Crippen LogP contribution in [0.5, 0.6) is 5.75 Å². The first kappa shape index (κ1) is 21.4. The van der Waals surface area contributed by atoms with E-state index in [1.165, 1.54) is 4.80 Å². The molecule has 0 amide bonds. The number of aliphatic hydroxyl groups is 1. The molecule has 160 valence electrons. The van der Waals surface area contributed by atoms with Crippen molar-refractivity contribution in [1.29, 1.82) is 0 Å². The highest BCUT2D eigenvalue weighted by atomic mass is 32.2. The summed E-state index contributed by atoms with van der Waals surface area (Å²) in [7, 11) is 0. The third kappa shape index (κ3) is 4.60. The zero-order chi connectivity index (χ0) is 22.0. The van der Waals surface area contributed by atoms with Crippen LogP contribution in [0.2, 0.25) is 0 Å². The monoisotopic (exact) mass is 433 g/mol. The predicted octanol–water partition coefficient (Wildman–Crippen LogP) is 5.50. The van der Waals surface area contributed by atoms with E-state index in [1.54, 1.807) is 11.8 Å². The number of hydrogen-bond acceptors (Lipinski definition) is 5. The zero-order valence-electron chi connectivity index (χ0n) is 18.0. The summed E-state index contributed by atoms with van der Waals surface area (Å²) in [6.07, 6.45) is 1.39. The molecular weight excluding hydrogens is 406 g/mol. The maximum atomic E-state index is 11.1. The highest BCUT2D eigenvalue weighted by Crippen LogP contribution is 2.37. The molecule has 1 heterocycles. The molecule has 5 nitrogen and oxygen atoms in total. The minimum atomic E-state index is -0.241. The molecule has 0 fully saturated rings. The summed E-state index contributed by atoms with van der Waals surface area (Å²) >= 11 is 1.65. The van der Waals surface area contributed by atoms with E-state index in [1.807, 2.05) is 48.5 Å². The van der Waals surface area contributed by atoms with Gasteiger partial charge >= 0.3 is 0 Å². The van der Waals surface area contributed by atoms with Gasteiger partial charge in [0.15, 0.2) is 0 Å². The number of nitrogens with zero attached hydrogens (tertiary/aromatic N) is 3. The van der Waals surface area contributed by atoms with E-state index in [0.29, 0.717) is 12.1 Å². The number of aryl methyl sites for hydroxylation is 1. The molecule has 0 unspecified atom stereocenters. The van der Waals surface area contributed by atoms with Crippen molar-refractivity contribution in [1.82, 2.24) is 15.0 Å². The van der Waals surface area contributed by atoms with E-state index in [0.717, 1.165) is 38.4 Å². The Morgan fingerprint density at radius 3 is 2.45 bits per heavy atom. The Morgan fingerprint density at radius 2 is 1.74 bits per heavy atom. The van der Waals surface area contributed by atoms with Crippen molar-refractivity contribution >= 4 is 22.8 Å². The standard InChI is InChI=1S/C25H27N3O2S/c1-25(2,3)19-15-17(9-8-14-29)16-21(24(19)30)28-26-20-12-7-13-22(23(20)27-28)31-18-10-5-4-6-11-18/h4-7,10-13,15-16,29-30H,8-9,14H2,1-3H3. The summed E-state index contributed by atoms with van der Waals surface area (Å²) in [5.41, 5.74) is 3.79. The van der Waals surface area contributed by atoms with Gasteiger partial charge in [-0.3, -0.25) is 0 Å². The van der Waals surface area contributed by atoms with Crippen LogP contribution in [0, 0.1) is 0 Å². The Hall–Kier alpha value is -2.83. The quantitative estimate of drug-likeness (QED) is 0.420. The van der Waals surface area contributed by atoms with Gasteiger partial charge in [-0.15, -0.1) is 15.0 Å². The number of phenols is 1. The van der Waals surface area contributed by atoms with Crippen molar-refractivity contribution in [3.63, 3.8) is 0 Å². The summed E-state index contributed by atoms with van der Waals surface area (Å²) in [5.74, 6) is 0.192. The van der Waals surface area contributed by atoms with Crippen molar-refractivity contribution in [2.75, 3.05) is 6.61 Å². The second-order valence-electron chi connectivity index (χ2n) is 8.62. The molecule has 31 heavy (non-hydrogen) atoms. The van der Waals surface area contributed by atoms with Gasteiger partial charge in [-0.1, -0.05) is 62.9 Å². The molecule has 0 aliphatic rings. The number of rotatable bonds is 6. The fourth-order valence-corrected chi connectivity index (χ4v) is 4.48. The van der Waals surface area contributed by atoms with Gasteiger partial charge < -0.3 is 10.2 Å². The molecule has 1 aromatic heterocycles. The van der Waals surface area contributed by atoms with Crippen LogP contribution in [-0.4, -0.2) is 31.8 Å². The Bertz CT molecular complexity index is 1200. The van der Waals surface area contributed by atoms with Crippen LogP contribution in [0.3, 0.4) is 0 Å². The van der Waals surface area contributed by atoms with Crippen LogP contribution in [0.25, 0.3) is 16.7 Å². The molecule has 0 aliphatic heterocycles. The van der Waals surface area contributed by atoms with Crippen molar-refractivity contribution in [3.8, 4) is 11.4 Å². The maximum absolute atomic E-state index is 11.1. The molecule has 2 N–H and O–H groups in total. The highest BCUT2D eigenvalue weighted by molar-refractivity contribution is 7.99. The Morgan fingerprint density at radius 1 is 0.968 bits per heavy atom. The third-order valence-corrected chi connectivity index (χ3v) is 6.20. The molecule has 4 rings (SSSR count). The molecule has 6 heteroatoms. The van der Waals surface area contributed by atoms with E-state index >= 15 is 0 Å². The number of fused-ring (bicyclic) bond motifs is 1. The topological polar surface area (TPSA) is 71.2 Å². The van der Waals surface area contributed by atoms with Gasteiger partial charge in [0.25, 0.3) is 0 Å². The van der Waals surface area contributed by atoms with Gasteiger partial charge in [0.05, 0.1) is 0 Å². The summed E-state index contributed by atoms with van der Waals surface area (Å²) < 4.78 is 0. The fraction of sp³-hybridized carbons (Fsp3) is 0.280. The van der Waals surface area contributed by atoms with Gasteiger partial charge in [0, 0.05) is 22.0 Å². The fourth-order valence-electron chi connectivity index (χ4n) is 3.55. The van der Waals surface area contributed by atoms with E-state index in [-0.39, 0.29) is 17.8 Å². The average Bonchev–Trinajstić information content (AvgIpc) is 3.18. The molecule has 0 saturated carbocycles. The molecule has 0 bridgehead atoms. The predicted molar refractivity (Wildman–Crippen MR) is 125 cm³/mol. The molecule has 4 aromatic rings. The van der Waals surface area contributed by atoms with Crippen molar-refractivity contribution in [2.45, 2.75) is 48.8 Å². The molecule has 0 aliphatic carbocycles. The minimum absolute atomic E-state index is 0.130. The van der Waals surface area contributed by atoms with Crippen LogP contribution < -0.4 is 0 Å². The van der Waals surface area contributed by atoms with Crippen LogP contribution >= 0.6 is 11.8 Å². The van der Waals surface area contributed by atoms with Crippen LogP contribution in [-0.2, 0) is 11.8 Å². The van der Waals surface area contributed by atoms with Crippen LogP contribution in [0.15, 0.2) is 70.5 Å². The summed E-state index contributed by atoms with van der Waals surface area (Å²) in [5, 5.41) is 29.8. The Kier molecular flexibility index (Phi) is 6.03. The van der Waals surface area contributed by atoms with Gasteiger partial charge in [-0.25, -0.2) is 0 Å². The van der Waals surface area contributed by atoms with E-state index in [9.17, 15) is 10.2 Å². The molecule has 0 radical (unpaired) electrons. The number of phenolic OH excluding ortho intramolecular Hbond substituents is 1. The van der Waals surface area contributed by atoms with Gasteiger partial charge in [0.2, 0.25) is 0 Å². The lowest BCUT2D eigenvalue weighted by Crippen LogP contribution is -2.14. The third-order valence-electron chi connectivity index (χ3n) is 5.14. The van der Waals surface area contributed by atoms with Crippen LogP contribution in [0.4, 0.5) is 0 Å². The molecular formula is C25H27N3O2S. The number of hydrogen-bond donors (Lipinski definition) is 2. The minimum Gasteiger partial charge on any atom is -0.505 e. The first-order chi connectivity index (χ1) is 14.9. The second kappa shape index (κ2) is 8.73. The van der Waals surface area contributed by atoms with Crippen molar-refractivity contribution in [3.05, 3.63) is 71.8 Å². The number of aliphatic hydroxyl groups excluding tert-OH is 1. The van der Waals surface area contributed by atoms with E-state index in [4.69, 9.17) is 5.10 Å². The lowest BCUT2D eigenvalue weighted by Gasteiger charge is -2.23. The molecule has 0 atom stereocenters. The average molecular weight is 434 g/mol. The van der Waals surface area contributed by atoms with Crippen molar-refractivity contribution in [2.24, 2.45) is 0 Å². The smallest absolute Gasteiger partial charge is 0.146 e. The van der Waals surface area contributed by atoms with E-state index < -0.39 is 0 Å². The van der Waals surface area contributed by atoms with Crippen molar-refractivity contribution < 1.29 is 10.2 Å². The lowest BCUT2D eigenvalue weighted by molar-refractivity contribution is 0.288. The number of benzene rings is 3. The second-order valence-corrected chi connectivity index (χ2v) is 9.73. The molecule has 3 aromatic carbocycles. The van der Waals surface area contributed by atoms with Gasteiger partial charge in [0.1, 0.15) is 22.5 Å². The number of aromatic hydroxyl groups is 1. The largest absolute Gasteiger partial charge is 0.505 e. The molecule has 0 saturated heterocycles. The van der Waals surface area contributed by atoms with Crippen LogP contribution in [0.1, 0.15) is 38.3 Å². The zero-order valence-corrected chi connectivity index (χ0v) is 18.9. The summed E-state index contributed by atoms with van der Waals surface area (Å²) in [4.78, 5) is 3.68. The lowest BCUT2D eigenvalue weighted by atomic mass is 9.84. The summed E-state index contributed by atoms with van der Waals surface area (Å²) in [6.45, 7) is 6.35. The number of aromatic nitrogens is 3.